The van der Waals surface area contributed by atoms with Gasteiger partial charge in [-0.15, -0.1) is 0 Å². The molecular formula is C10H12FNO2. The van der Waals surface area contributed by atoms with Crippen LogP contribution in [0.3, 0.4) is 0 Å². The predicted octanol–water partition coefficient (Wildman–Crippen LogP) is 1.29. The van der Waals surface area contributed by atoms with Gasteiger partial charge in [0.05, 0.1) is 13.2 Å². The first-order chi connectivity index (χ1) is 6.72. The average Bonchev–Trinajstić information content (AvgIpc) is 2.20. The number of hydrogen-bond acceptors (Lipinski definition) is 3. The second-order valence-electron chi connectivity index (χ2n) is 2.79. The Hall–Kier alpha value is -1.42. The molecule has 0 aliphatic heterocycles. The number of rotatable bonds is 4. The first-order valence-corrected chi connectivity index (χ1v) is 4.19. The molecule has 0 spiro atoms. The molecule has 1 rings (SSSR count). The zero-order valence-corrected chi connectivity index (χ0v) is 8.08. The Balaban J connectivity index is 3.14. The van der Waals surface area contributed by atoms with Crippen LogP contribution < -0.4 is 10.1 Å². The summed E-state index contributed by atoms with van der Waals surface area (Å²) in [5.41, 5.74) is 0.505. The van der Waals surface area contributed by atoms with Crippen LogP contribution in [-0.2, 0) is 4.79 Å². The third-order valence-corrected chi connectivity index (χ3v) is 1.97. The summed E-state index contributed by atoms with van der Waals surface area (Å²) >= 11 is 0. The number of likely N-dealkylation sites (N-methyl/N-ethyl adjacent to an activating group) is 1. The molecule has 0 aliphatic carbocycles. The van der Waals surface area contributed by atoms with Crippen LogP contribution >= 0.6 is 0 Å². The molecule has 4 heteroatoms. The Kier molecular flexibility index (Phi) is 3.59. The standard InChI is InChI=1S/C10H12FNO2/c1-12-9(6-13)8-5-7(11)3-4-10(8)14-2/h3-6,9,12H,1-2H3. The van der Waals surface area contributed by atoms with Crippen molar-refractivity contribution in [3.63, 3.8) is 0 Å². The van der Waals surface area contributed by atoms with E-state index >= 15 is 0 Å². The Bertz CT molecular complexity index is 328. The Labute approximate surface area is 81.9 Å². The van der Waals surface area contributed by atoms with Gasteiger partial charge in [-0.2, -0.15) is 0 Å². The molecule has 0 aromatic heterocycles. The summed E-state index contributed by atoms with van der Waals surface area (Å²) < 4.78 is 17.9. The number of nitrogens with one attached hydrogen (secondary N) is 1. The maximum absolute atomic E-state index is 12.9. The Morgan fingerprint density at radius 3 is 2.79 bits per heavy atom. The van der Waals surface area contributed by atoms with Gasteiger partial charge in [-0.05, 0) is 25.2 Å². The van der Waals surface area contributed by atoms with Gasteiger partial charge < -0.3 is 14.8 Å². The van der Waals surface area contributed by atoms with Crippen molar-refractivity contribution in [2.45, 2.75) is 6.04 Å². The number of carbonyl (C=O) groups is 1. The fourth-order valence-corrected chi connectivity index (χ4v) is 1.25. The highest BCUT2D eigenvalue weighted by Gasteiger charge is 2.13. The number of methoxy groups -OCH3 is 1. The van der Waals surface area contributed by atoms with Crippen LogP contribution in [0.2, 0.25) is 0 Å². The Morgan fingerprint density at radius 2 is 2.29 bits per heavy atom. The first-order valence-electron chi connectivity index (χ1n) is 4.19. The van der Waals surface area contributed by atoms with Crippen molar-refractivity contribution < 1.29 is 13.9 Å². The van der Waals surface area contributed by atoms with Gasteiger partial charge in [-0.1, -0.05) is 0 Å². The number of halogens is 1. The number of benzene rings is 1. The lowest BCUT2D eigenvalue weighted by Crippen LogP contribution is -2.18. The number of aldehydes is 1. The first kappa shape index (κ1) is 10.7. The Morgan fingerprint density at radius 1 is 1.57 bits per heavy atom. The number of carbonyl (C=O) groups excluding carboxylic acids is 1. The van der Waals surface area contributed by atoms with Crippen molar-refractivity contribution in [3.8, 4) is 5.75 Å². The van der Waals surface area contributed by atoms with E-state index in [1.165, 1.54) is 25.3 Å². The molecule has 0 saturated heterocycles. The smallest absolute Gasteiger partial charge is 0.141 e. The van der Waals surface area contributed by atoms with Crippen molar-refractivity contribution in [1.82, 2.24) is 5.32 Å². The quantitative estimate of drug-likeness (QED) is 0.739. The number of hydrogen-bond donors (Lipinski definition) is 1. The van der Waals surface area contributed by atoms with Gasteiger partial charge in [0.25, 0.3) is 0 Å². The molecule has 1 aromatic rings. The summed E-state index contributed by atoms with van der Waals surface area (Å²) in [5.74, 6) is 0.112. The van der Waals surface area contributed by atoms with Gasteiger partial charge >= 0.3 is 0 Å². The van der Waals surface area contributed by atoms with E-state index in [-0.39, 0.29) is 5.82 Å². The fraction of sp³-hybridized carbons (Fsp3) is 0.300. The van der Waals surface area contributed by atoms with Gasteiger partial charge in [0.1, 0.15) is 17.9 Å². The van der Waals surface area contributed by atoms with Crippen molar-refractivity contribution in [3.05, 3.63) is 29.6 Å². The summed E-state index contributed by atoms with van der Waals surface area (Å²) in [7, 11) is 3.11. The van der Waals surface area contributed by atoms with Crippen LogP contribution in [0.4, 0.5) is 4.39 Å². The van der Waals surface area contributed by atoms with Crippen molar-refractivity contribution >= 4 is 6.29 Å². The van der Waals surface area contributed by atoms with Gasteiger partial charge in [-0.25, -0.2) is 4.39 Å². The van der Waals surface area contributed by atoms with E-state index in [1.54, 1.807) is 7.05 Å². The maximum atomic E-state index is 12.9. The van der Waals surface area contributed by atoms with Crippen LogP contribution in [0.25, 0.3) is 0 Å². The lowest BCUT2D eigenvalue weighted by Gasteiger charge is -2.13. The van der Waals surface area contributed by atoms with Crippen LogP contribution in [0.5, 0.6) is 5.75 Å². The van der Waals surface area contributed by atoms with E-state index in [2.05, 4.69) is 5.32 Å². The minimum absolute atomic E-state index is 0.386. The predicted molar refractivity (Wildman–Crippen MR) is 50.8 cm³/mol. The highest BCUT2D eigenvalue weighted by atomic mass is 19.1. The third-order valence-electron chi connectivity index (χ3n) is 1.97. The SMILES string of the molecule is CNC(C=O)c1cc(F)ccc1OC. The monoisotopic (exact) mass is 197 g/mol. The molecule has 0 bridgehead atoms. The topological polar surface area (TPSA) is 38.3 Å². The van der Waals surface area contributed by atoms with Crippen LogP contribution in [0, 0.1) is 5.82 Å². The average molecular weight is 197 g/mol. The largest absolute Gasteiger partial charge is 0.496 e. The normalized spacial score (nSPS) is 12.2. The minimum atomic E-state index is -0.541. The maximum Gasteiger partial charge on any atom is 0.141 e. The van der Waals surface area contributed by atoms with E-state index < -0.39 is 6.04 Å². The van der Waals surface area contributed by atoms with Gasteiger partial charge in [0.15, 0.2) is 0 Å². The summed E-state index contributed by atoms with van der Waals surface area (Å²) in [5, 5.41) is 2.76. The van der Waals surface area contributed by atoms with Crippen molar-refractivity contribution in [2.75, 3.05) is 14.2 Å². The molecule has 0 saturated carbocycles. The minimum Gasteiger partial charge on any atom is -0.496 e. The van der Waals surface area contributed by atoms with E-state index in [4.69, 9.17) is 4.74 Å². The van der Waals surface area contributed by atoms with Crippen LogP contribution in [-0.4, -0.2) is 20.4 Å². The molecule has 1 atom stereocenters. The molecular weight excluding hydrogens is 185 g/mol. The lowest BCUT2D eigenvalue weighted by atomic mass is 10.1. The molecule has 0 amide bonds. The third kappa shape index (κ3) is 2.09. The zero-order valence-electron chi connectivity index (χ0n) is 8.08. The van der Waals surface area contributed by atoms with Gasteiger partial charge in [0, 0.05) is 5.56 Å². The molecule has 0 fully saturated rings. The highest BCUT2D eigenvalue weighted by Crippen LogP contribution is 2.24. The van der Waals surface area contributed by atoms with Gasteiger partial charge in [-0.3, -0.25) is 0 Å². The lowest BCUT2D eigenvalue weighted by molar-refractivity contribution is -0.109. The summed E-state index contributed by atoms with van der Waals surface area (Å²) in [6.45, 7) is 0. The van der Waals surface area contributed by atoms with Gasteiger partial charge in [0.2, 0.25) is 0 Å². The highest BCUT2D eigenvalue weighted by molar-refractivity contribution is 5.63. The van der Waals surface area contributed by atoms with Crippen LogP contribution in [0.15, 0.2) is 18.2 Å². The fourth-order valence-electron chi connectivity index (χ4n) is 1.25. The second-order valence-corrected chi connectivity index (χ2v) is 2.79. The molecule has 1 N–H and O–H groups in total. The summed E-state index contributed by atoms with van der Waals surface area (Å²) in [6.07, 6.45) is 0.706. The number of ether oxygens (including phenoxy) is 1. The second kappa shape index (κ2) is 4.72. The molecule has 0 radical (unpaired) electrons. The summed E-state index contributed by atoms with van der Waals surface area (Å²) in [6, 6.07) is 3.54. The van der Waals surface area contributed by atoms with E-state index in [1.807, 2.05) is 0 Å². The molecule has 76 valence electrons. The molecule has 14 heavy (non-hydrogen) atoms. The van der Waals surface area contributed by atoms with E-state index in [0.29, 0.717) is 17.6 Å². The van der Waals surface area contributed by atoms with Crippen LogP contribution in [0.1, 0.15) is 11.6 Å². The molecule has 0 aliphatic rings. The zero-order chi connectivity index (χ0) is 10.6. The van der Waals surface area contributed by atoms with E-state index in [0.717, 1.165) is 0 Å². The molecule has 3 nitrogen and oxygen atoms in total. The van der Waals surface area contributed by atoms with Crippen molar-refractivity contribution in [2.24, 2.45) is 0 Å². The molecule has 1 unspecified atom stereocenters. The van der Waals surface area contributed by atoms with Crippen molar-refractivity contribution in [1.29, 1.82) is 0 Å². The molecule has 0 heterocycles. The van der Waals surface area contributed by atoms with E-state index in [9.17, 15) is 9.18 Å². The summed E-state index contributed by atoms with van der Waals surface area (Å²) in [4.78, 5) is 10.7. The molecule has 1 aromatic carbocycles.